The second-order valence-corrected chi connectivity index (χ2v) is 38.9. The van der Waals surface area contributed by atoms with Gasteiger partial charge in [-0.1, -0.05) is 232 Å². The first-order valence-electron chi connectivity index (χ1n) is 45.8. The van der Waals surface area contributed by atoms with E-state index in [0.29, 0.717) is 68.2 Å². The van der Waals surface area contributed by atoms with E-state index < -0.39 is 23.9 Å². The topological polar surface area (TPSA) is 223 Å². The summed E-state index contributed by atoms with van der Waals surface area (Å²) >= 11 is 0. The lowest BCUT2D eigenvalue weighted by molar-refractivity contribution is -0.138. The predicted octanol–water partition coefficient (Wildman–Crippen LogP) is 30.1. The second-order valence-electron chi connectivity index (χ2n) is 38.9. The summed E-state index contributed by atoms with van der Waals surface area (Å²) in [7, 11) is 6.28. The molecular weight excluding hydrogens is 1730 g/mol. The van der Waals surface area contributed by atoms with Crippen molar-refractivity contribution >= 4 is 23.9 Å². The number of rotatable bonds is 32. The van der Waals surface area contributed by atoms with Gasteiger partial charge in [-0.25, -0.2) is 17.6 Å². The molecule has 12 rings (SSSR count). The van der Waals surface area contributed by atoms with Gasteiger partial charge in [0.1, 0.15) is 93.7 Å². The van der Waals surface area contributed by atoms with Crippen molar-refractivity contribution in [3.63, 3.8) is 0 Å². The Morgan fingerprint density at radius 2 is 0.419 bits per heavy atom. The van der Waals surface area contributed by atoms with Gasteiger partial charge >= 0.3 is 23.9 Å². The van der Waals surface area contributed by atoms with Crippen LogP contribution in [-0.2, 0) is 40.8 Å². The molecule has 0 saturated heterocycles. The van der Waals surface area contributed by atoms with Gasteiger partial charge in [0.2, 0.25) is 0 Å². The van der Waals surface area contributed by atoms with Crippen LogP contribution in [0.4, 0.5) is 17.6 Å². The Kier molecular flexibility index (Phi) is 36.5. The van der Waals surface area contributed by atoms with E-state index in [1.807, 2.05) is 201 Å². The zero-order valence-electron chi connectivity index (χ0n) is 82.7. The van der Waals surface area contributed by atoms with Crippen LogP contribution in [0.3, 0.4) is 0 Å². The van der Waals surface area contributed by atoms with Crippen LogP contribution in [0.15, 0.2) is 243 Å². The average Bonchev–Trinajstić information content (AvgIpc) is 0.790. The van der Waals surface area contributed by atoms with Gasteiger partial charge in [-0.15, -0.1) is 0 Å². The maximum absolute atomic E-state index is 14.8. The van der Waals surface area contributed by atoms with Gasteiger partial charge in [-0.05, 0) is 283 Å². The van der Waals surface area contributed by atoms with Crippen LogP contribution in [0.1, 0.15) is 279 Å². The van der Waals surface area contributed by atoms with Crippen molar-refractivity contribution in [2.24, 2.45) is 0 Å². The normalized spacial score (nSPS) is 13.3. The summed E-state index contributed by atoms with van der Waals surface area (Å²) in [5, 5.41) is 36.4. The molecule has 12 aromatic carbocycles. The molecule has 0 saturated carbocycles. The van der Waals surface area contributed by atoms with Gasteiger partial charge in [-0.2, -0.15) is 0 Å². The number of carboxylic acid groups (broad SMARTS) is 4. The van der Waals surface area contributed by atoms with Crippen LogP contribution in [0.5, 0.6) is 46.0 Å². The fourth-order valence-corrected chi connectivity index (χ4v) is 16.2. The van der Waals surface area contributed by atoms with Crippen LogP contribution < -0.4 is 37.9 Å². The molecule has 0 aliphatic carbocycles. The minimum Gasteiger partial charge on any atom is -0.497 e. The van der Waals surface area contributed by atoms with Crippen molar-refractivity contribution in [3.8, 4) is 90.5 Å². The predicted molar refractivity (Wildman–Crippen MR) is 533 cm³/mol. The number of methoxy groups -OCH3 is 4. The Bertz CT molecular complexity index is 5390. The molecule has 12 aromatic rings. The fraction of sp³-hybridized carbons (Fsp3) is 0.345. The van der Waals surface area contributed by atoms with Gasteiger partial charge in [-0.3, -0.25) is 19.2 Å². The van der Waals surface area contributed by atoms with E-state index in [2.05, 4.69) is 107 Å². The third-order valence-corrected chi connectivity index (χ3v) is 24.0. The van der Waals surface area contributed by atoms with E-state index in [1.165, 1.54) is 24.3 Å². The fourth-order valence-electron chi connectivity index (χ4n) is 16.2. The summed E-state index contributed by atoms with van der Waals surface area (Å²) < 4.78 is 105. The molecule has 136 heavy (non-hydrogen) atoms. The molecule has 0 aromatic heterocycles. The molecule has 0 fully saturated rings. The summed E-state index contributed by atoms with van der Waals surface area (Å²) in [6.45, 7) is 40.7. The summed E-state index contributed by atoms with van der Waals surface area (Å²) in [6.07, 6.45) is -0.754. The largest absolute Gasteiger partial charge is 0.497 e. The van der Waals surface area contributed by atoms with Gasteiger partial charge in [0.25, 0.3) is 0 Å². The summed E-state index contributed by atoms with van der Waals surface area (Å²) in [5.41, 5.74) is 16.0. The van der Waals surface area contributed by atoms with Crippen molar-refractivity contribution in [2.75, 3.05) is 28.4 Å². The highest BCUT2D eigenvalue weighted by atomic mass is 19.1. The Morgan fingerprint density at radius 1 is 0.235 bits per heavy atom. The average molecular weight is 1860 g/mol. The van der Waals surface area contributed by atoms with Crippen LogP contribution >= 0.6 is 0 Å². The lowest BCUT2D eigenvalue weighted by Crippen LogP contribution is -2.15. The molecule has 20 heteroatoms. The third-order valence-electron chi connectivity index (χ3n) is 24.0. The van der Waals surface area contributed by atoms with Crippen molar-refractivity contribution in [1.82, 2.24) is 0 Å². The molecular formula is C116H132F4O16. The Balaban J connectivity index is 0.000000203. The van der Waals surface area contributed by atoms with Crippen LogP contribution in [0.2, 0.25) is 0 Å². The van der Waals surface area contributed by atoms with Gasteiger partial charge in [0.15, 0.2) is 0 Å². The van der Waals surface area contributed by atoms with E-state index in [4.69, 9.17) is 58.3 Å². The molecule has 4 N–H and O–H groups in total. The van der Waals surface area contributed by atoms with Gasteiger partial charge < -0.3 is 58.3 Å². The highest BCUT2D eigenvalue weighted by Crippen LogP contribution is 2.45. The summed E-state index contributed by atoms with van der Waals surface area (Å²) in [4.78, 5) is 44.3. The van der Waals surface area contributed by atoms with Crippen molar-refractivity contribution in [2.45, 2.75) is 234 Å². The van der Waals surface area contributed by atoms with Crippen molar-refractivity contribution in [1.29, 1.82) is 0 Å². The van der Waals surface area contributed by atoms with Crippen LogP contribution in [0.25, 0.3) is 44.5 Å². The van der Waals surface area contributed by atoms with E-state index in [1.54, 1.807) is 77.0 Å². The zero-order chi connectivity index (χ0) is 100. The Morgan fingerprint density at radius 3 is 0.581 bits per heavy atom. The molecule has 16 nitrogen and oxygen atoms in total. The molecule has 0 heterocycles. The molecule has 0 aliphatic heterocycles. The van der Waals surface area contributed by atoms with Crippen LogP contribution in [0, 0.1) is 23.3 Å². The van der Waals surface area contributed by atoms with E-state index in [9.17, 15) is 36.7 Å². The lowest BCUT2D eigenvalue weighted by Gasteiger charge is -2.26. The maximum atomic E-state index is 14.8. The van der Waals surface area contributed by atoms with Gasteiger partial charge in [0, 0.05) is 22.3 Å². The van der Waals surface area contributed by atoms with E-state index in [-0.39, 0.29) is 119 Å². The van der Waals surface area contributed by atoms with Crippen molar-refractivity contribution < 1.29 is 95.1 Å². The Labute approximate surface area is 800 Å². The number of ether oxygens (including phenoxy) is 8. The molecule has 0 aliphatic rings. The second kappa shape index (κ2) is 46.7. The quantitative estimate of drug-likeness (QED) is 0.0288. The first kappa shape index (κ1) is 106. The molecule has 0 bridgehead atoms. The maximum Gasteiger partial charge on any atom is 0.303 e. The molecule has 0 unspecified atom stereocenters. The van der Waals surface area contributed by atoms with Crippen molar-refractivity contribution in [3.05, 3.63) is 333 Å². The summed E-state index contributed by atoms with van der Waals surface area (Å²) in [5.74, 6) is 0.232. The number of carboxylic acids is 4. The summed E-state index contributed by atoms with van der Waals surface area (Å²) in [6, 6.07) is 73.3. The number of hydrogen-bond donors (Lipinski definition) is 4. The first-order valence-corrected chi connectivity index (χ1v) is 45.8. The minimum atomic E-state index is -0.825. The third kappa shape index (κ3) is 29.3. The SMILES string of the molecule is COc1ccc(F)c(-c2ccc([C@@H](C)Oc3cccc([C@@H](C)CC(=O)O)c3)cc2C(C)(C)C)c1.COc1ccc(F)c(-c2ccc([C@@H](C)Oc3cccc([C@H](C)CC(=O)O)c3)cc2C(C)(C)C)c1.COc1ccc(F)c(-c2ccc([C@H](C)Oc3cccc([C@@H](C)CC(=O)O)c3)cc2C(C)(C)C)c1.COc1ccc(F)c(-c2ccc([C@H](C)Oc3cccc([C@H](C)CC(=O)O)c3)cc2C(C)(C)C)c1. The zero-order valence-corrected chi connectivity index (χ0v) is 82.7. The minimum absolute atomic E-state index is 0.0657. The molecule has 720 valence electrons. The highest BCUT2D eigenvalue weighted by Gasteiger charge is 2.30. The first-order chi connectivity index (χ1) is 64.0. The van der Waals surface area contributed by atoms with Crippen LogP contribution in [-0.4, -0.2) is 72.7 Å². The number of halogens is 4. The standard InChI is InChI=1S/4C29H33FO4/c4*1-18(14-28(31)32)20-8-7-9-23(15-20)34-19(2)21-10-12-24(26(16-21)29(3,4)5)25-17-22(33-6)11-13-27(25)30/h4*7-13,15-19H,14H2,1-6H3,(H,31,32)/t2*18-,19+;2*18-,19-/m1010/s1. The Hall–Kier alpha value is -13.4. The highest BCUT2D eigenvalue weighted by molar-refractivity contribution is 5.76. The lowest BCUT2D eigenvalue weighted by atomic mass is 9.80. The molecule has 0 radical (unpaired) electrons. The van der Waals surface area contributed by atoms with E-state index >= 15 is 0 Å². The van der Waals surface area contributed by atoms with E-state index in [0.717, 1.165) is 89.0 Å². The number of aliphatic carboxylic acids is 4. The van der Waals surface area contributed by atoms with Gasteiger partial charge in [0.05, 0.1) is 54.1 Å². The molecule has 0 amide bonds. The monoisotopic (exact) mass is 1860 g/mol. The molecule has 0 spiro atoms. The smallest absolute Gasteiger partial charge is 0.303 e. The number of hydrogen-bond acceptors (Lipinski definition) is 12. The molecule has 8 atom stereocenters. The number of carbonyl (C=O) groups is 4. The number of benzene rings is 12.